The van der Waals surface area contributed by atoms with Gasteiger partial charge in [0, 0.05) is 19.0 Å². The van der Waals surface area contributed by atoms with Crippen molar-refractivity contribution in [2.75, 3.05) is 24.6 Å². The Bertz CT molecular complexity index is 1070. The van der Waals surface area contributed by atoms with Crippen molar-refractivity contribution in [1.82, 2.24) is 9.71 Å². The highest BCUT2D eigenvalue weighted by molar-refractivity contribution is 7.92. The van der Waals surface area contributed by atoms with Gasteiger partial charge in [-0.15, -0.1) is 11.3 Å². The second-order valence-corrected chi connectivity index (χ2v) is 10.9. The fraction of sp³-hybridized carbons (Fsp3) is 0.450. The van der Waals surface area contributed by atoms with E-state index in [1.807, 2.05) is 17.9 Å². The molecule has 0 aliphatic carbocycles. The molecule has 168 valence electrons. The first-order chi connectivity index (χ1) is 14.6. The smallest absolute Gasteiger partial charge is 0.340 e. The number of sulfonamides is 1. The summed E-state index contributed by atoms with van der Waals surface area (Å²) in [5.41, 5.74) is 1.84. The highest BCUT2D eigenvalue weighted by Gasteiger charge is 2.30. The third kappa shape index (κ3) is 5.36. The van der Waals surface area contributed by atoms with Gasteiger partial charge in [0.2, 0.25) is 5.91 Å². The molecule has 1 saturated heterocycles. The lowest BCUT2D eigenvalue weighted by molar-refractivity contribution is -0.123. The molecule has 31 heavy (non-hydrogen) atoms. The lowest BCUT2D eigenvalue weighted by Gasteiger charge is -2.32. The summed E-state index contributed by atoms with van der Waals surface area (Å²) in [4.78, 5) is 31.2. The number of carbonyl (C=O) groups is 2. The average Bonchev–Trinajstić information content (AvgIpc) is 3.15. The number of anilines is 1. The standard InChI is InChI=1S/C20H24ClN3O5S2/c1-4-29-20(26)18-12(2)11-16(22-13(18)3)24-9-7-14(8-10-24)19(25)23-31(27,28)17-6-5-15(21)30-17/h5-6,11,14H,4,7-10H2,1-3H3,(H,23,25). The molecule has 0 saturated carbocycles. The molecule has 2 aromatic rings. The van der Waals surface area contributed by atoms with Crippen LogP contribution < -0.4 is 9.62 Å². The fourth-order valence-corrected chi connectivity index (χ4v) is 6.09. The average molecular weight is 486 g/mol. The molecule has 1 N–H and O–H groups in total. The van der Waals surface area contributed by atoms with Gasteiger partial charge in [-0.2, -0.15) is 0 Å². The van der Waals surface area contributed by atoms with Gasteiger partial charge in [-0.3, -0.25) is 4.79 Å². The zero-order chi connectivity index (χ0) is 22.8. The number of aryl methyl sites for hydroxylation is 2. The van der Waals surface area contributed by atoms with Gasteiger partial charge in [0.1, 0.15) is 10.0 Å². The lowest BCUT2D eigenvalue weighted by Crippen LogP contribution is -2.42. The van der Waals surface area contributed by atoms with Gasteiger partial charge in [-0.05, 0) is 57.4 Å². The van der Waals surface area contributed by atoms with Crippen molar-refractivity contribution < 1.29 is 22.7 Å². The molecule has 8 nitrogen and oxygen atoms in total. The van der Waals surface area contributed by atoms with E-state index in [9.17, 15) is 18.0 Å². The zero-order valence-corrected chi connectivity index (χ0v) is 19.9. The molecule has 1 aliphatic rings. The van der Waals surface area contributed by atoms with Crippen molar-refractivity contribution in [2.24, 2.45) is 5.92 Å². The molecule has 2 aromatic heterocycles. The van der Waals surface area contributed by atoms with Gasteiger partial charge in [-0.25, -0.2) is 22.9 Å². The van der Waals surface area contributed by atoms with E-state index in [0.29, 0.717) is 48.1 Å². The number of ether oxygens (including phenoxy) is 1. The van der Waals surface area contributed by atoms with Crippen LogP contribution in [0.4, 0.5) is 5.82 Å². The summed E-state index contributed by atoms with van der Waals surface area (Å²) in [5.74, 6) is -0.590. The van der Waals surface area contributed by atoms with Gasteiger partial charge in [0.15, 0.2) is 0 Å². The van der Waals surface area contributed by atoms with Crippen LogP contribution in [0.3, 0.4) is 0 Å². The first kappa shape index (κ1) is 23.5. The molecule has 0 bridgehead atoms. The number of thiophene rings is 1. The number of aromatic nitrogens is 1. The summed E-state index contributed by atoms with van der Waals surface area (Å²) < 4.78 is 32.3. The summed E-state index contributed by atoms with van der Waals surface area (Å²) in [6.45, 7) is 6.76. The Morgan fingerprint density at radius 1 is 1.29 bits per heavy atom. The topological polar surface area (TPSA) is 106 Å². The van der Waals surface area contributed by atoms with Crippen LogP contribution in [0.2, 0.25) is 4.34 Å². The van der Waals surface area contributed by atoms with E-state index in [-0.39, 0.29) is 10.2 Å². The molecule has 1 amide bonds. The summed E-state index contributed by atoms with van der Waals surface area (Å²) in [6, 6.07) is 4.69. The maximum absolute atomic E-state index is 12.5. The molecule has 1 fully saturated rings. The molecule has 0 aromatic carbocycles. The number of carbonyl (C=O) groups excluding carboxylic acids is 2. The quantitative estimate of drug-likeness (QED) is 0.625. The number of nitrogens with one attached hydrogen (secondary N) is 1. The molecule has 1 aliphatic heterocycles. The molecule has 0 spiro atoms. The number of esters is 1. The van der Waals surface area contributed by atoms with Crippen LogP contribution in [-0.4, -0.2) is 45.0 Å². The molecule has 0 radical (unpaired) electrons. The number of halogens is 1. The van der Waals surface area contributed by atoms with Gasteiger partial charge < -0.3 is 9.64 Å². The number of pyridine rings is 1. The third-order valence-corrected chi connectivity index (χ3v) is 8.17. The molecule has 0 unspecified atom stereocenters. The van der Waals surface area contributed by atoms with E-state index in [0.717, 1.165) is 22.7 Å². The number of nitrogens with zero attached hydrogens (tertiary/aromatic N) is 2. The van der Waals surface area contributed by atoms with Crippen molar-refractivity contribution in [1.29, 1.82) is 0 Å². The van der Waals surface area contributed by atoms with Crippen LogP contribution in [0.15, 0.2) is 22.4 Å². The normalized spacial score (nSPS) is 15.0. The van der Waals surface area contributed by atoms with Crippen molar-refractivity contribution in [3.05, 3.63) is 39.4 Å². The molecule has 11 heteroatoms. The number of amides is 1. The van der Waals surface area contributed by atoms with Gasteiger partial charge in [0.05, 0.1) is 22.2 Å². The van der Waals surface area contributed by atoms with E-state index >= 15 is 0 Å². The fourth-order valence-electron chi connectivity index (χ4n) is 3.56. The zero-order valence-electron chi connectivity index (χ0n) is 17.5. The van der Waals surface area contributed by atoms with E-state index in [2.05, 4.69) is 9.71 Å². The van der Waals surface area contributed by atoms with Crippen LogP contribution in [0.1, 0.15) is 41.4 Å². The first-order valence-electron chi connectivity index (χ1n) is 9.84. The maximum atomic E-state index is 12.5. The highest BCUT2D eigenvalue weighted by atomic mass is 35.5. The molecular weight excluding hydrogens is 462 g/mol. The minimum absolute atomic E-state index is 0.0140. The Hall–Kier alpha value is -2.17. The van der Waals surface area contributed by atoms with Crippen molar-refractivity contribution in [3.63, 3.8) is 0 Å². The number of piperidine rings is 1. The van der Waals surface area contributed by atoms with E-state index < -0.39 is 21.8 Å². The van der Waals surface area contributed by atoms with E-state index in [1.54, 1.807) is 13.8 Å². The SMILES string of the molecule is CCOC(=O)c1c(C)cc(N2CCC(C(=O)NS(=O)(=O)c3ccc(Cl)s3)CC2)nc1C. The number of hydrogen-bond donors (Lipinski definition) is 1. The second kappa shape index (κ2) is 9.54. The predicted octanol–water partition coefficient (Wildman–Crippen LogP) is 3.31. The Kier molecular flexibility index (Phi) is 7.23. The largest absolute Gasteiger partial charge is 0.462 e. The Balaban J connectivity index is 1.64. The summed E-state index contributed by atoms with van der Waals surface area (Å²) in [6.07, 6.45) is 0.984. The first-order valence-corrected chi connectivity index (χ1v) is 12.5. The lowest BCUT2D eigenvalue weighted by atomic mass is 9.96. The molecule has 3 heterocycles. The van der Waals surface area contributed by atoms with E-state index in [4.69, 9.17) is 16.3 Å². The Morgan fingerprint density at radius 2 is 1.97 bits per heavy atom. The number of rotatable bonds is 6. The third-order valence-electron chi connectivity index (χ3n) is 5.10. The molecule has 3 rings (SSSR count). The summed E-state index contributed by atoms with van der Waals surface area (Å²) in [7, 11) is -3.92. The van der Waals surface area contributed by atoms with Crippen molar-refractivity contribution in [3.8, 4) is 0 Å². The highest BCUT2D eigenvalue weighted by Crippen LogP contribution is 2.28. The van der Waals surface area contributed by atoms with Crippen LogP contribution in [-0.2, 0) is 19.6 Å². The van der Waals surface area contributed by atoms with Crippen molar-refractivity contribution >= 4 is 50.7 Å². The summed E-state index contributed by atoms with van der Waals surface area (Å²) >= 11 is 6.70. The number of hydrogen-bond acceptors (Lipinski definition) is 8. The summed E-state index contributed by atoms with van der Waals surface area (Å²) in [5, 5.41) is 0. The van der Waals surface area contributed by atoms with Crippen LogP contribution in [0.5, 0.6) is 0 Å². The minimum atomic E-state index is -3.92. The monoisotopic (exact) mass is 485 g/mol. The Labute approximate surface area is 190 Å². The van der Waals surface area contributed by atoms with Gasteiger partial charge >= 0.3 is 5.97 Å². The van der Waals surface area contributed by atoms with E-state index in [1.165, 1.54) is 12.1 Å². The molecule has 0 atom stereocenters. The van der Waals surface area contributed by atoms with Crippen molar-refractivity contribution in [2.45, 2.75) is 37.8 Å². The predicted molar refractivity (Wildman–Crippen MR) is 119 cm³/mol. The van der Waals surface area contributed by atoms with Crippen LogP contribution in [0.25, 0.3) is 0 Å². The molecular formula is C20H24ClN3O5S2. The second-order valence-electron chi connectivity index (χ2n) is 7.27. The van der Waals surface area contributed by atoms with Gasteiger partial charge in [0.25, 0.3) is 10.0 Å². The maximum Gasteiger partial charge on any atom is 0.340 e. The van der Waals surface area contributed by atoms with Crippen LogP contribution >= 0.6 is 22.9 Å². The Morgan fingerprint density at radius 3 is 2.52 bits per heavy atom. The minimum Gasteiger partial charge on any atom is -0.462 e. The van der Waals surface area contributed by atoms with Gasteiger partial charge in [-0.1, -0.05) is 11.6 Å². The van der Waals surface area contributed by atoms with Crippen LogP contribution in [0, 0.1) is 19.8 Å².